The second-order valence-corrected chi connectivity index (χ2v) is 1.99. The van der Waals surface area contributed by atoms with Crippen LogP contribution in [0.15, 0.2) is 0 Å². The Hall–Kier alpha value is -0.0800. The SMILES string of the molecule is [2H]C([2H])(O)C(C)(C)NC. The third kappa shape index (κ3) is 2.60. The maximum atomic E-state index is 8.82. The van der Waals surface area contributed by atoms with Crippen molar-refractivity contribution in [3.8, 4) is 0 Å². The molecule has 2 N–H and O–H groups in total. The summed E-state index contributed by atoms with van der Waals surface area (Å²) >= 11 is 0. The van der Waals surface area contributed by atoms with Gasteiger partial charge in [0.25, 0.3) is 0 Å². The van der Waals surface area contributed by atoms with Gasteiger partial charge in [-0.25, -0.2) is 0 Å². The fraction of sp³-hybridized carbons (Fsp3) is 1.00. The van der Waals surface area contributed by atoms with E-state index in [1.807, 2.05) is 0 Å². The second kappa shape index (κ2) is 2.28. The maximum Gasteiger partial charge on any atom is 0.0607 e. The van der Waals surface area contributed by atoms with Crippen molar-refractivity contribution in [1.82, 2.24) is 5.32 Å². The van der Waals surface area contributed by atoms with E-state index in [1.165, 1.54) is 0 Å². The Kier molecular flexibility index (Phi) is 1.26. The van der Waals surface area contributed by atoms with Gasteiger partial charge in [0.1, 0.15) is 0 Å². The van der Waals surface area contributed by atoms with Crippen LogP contribution in [0.4, 0.5) is 0 Å². The van der Waals surface area contributed by atoms with E-state index in [-0.39, 0.29) is 0 Å². The molecule has 0 heterocycles. The molecule has 2 heteroatoms. The quantitative estimate of drug-likeness (QED) is 0.517. The van der Waals surface area contributed by atoms with Gasteiger partial charge in [0.15, 0.2) is 0 Å². The average molecular weight is 105 g/mol. The molecule has 44 valence electrons. The Labute approximate surface area is 47.4 Å². The van der Waals surface area contributed by atoms with Gasteiger partial charge in [-0.1, -0.05) is 0 Å². The molecule has 0 bridgehead atoms. The molecular weight excluding hydrogens is 90.1 g/mol. The lowest BCUT2D eigenvalue weighted by Gasteiger charge is -2.19. The van der Waals surface area contributed by atoms with Gasteiger partial charge in [-0.15, -0.1) is 0 Å². The number of rotatable bonds is 2. The van der Waals surface area contributed by atoms with Crippen molar-refractivity contribution in [3.63, 3.8) is 0 Å². The van der Waals surface area contributed by atoms with Crippen LogP contribution in [0.25, 0.3) is 0 Å². The molecule has 0 saturated heterocycles. The maximum absolute atomic E-state index is 8.82. The van der Waals surface area contributed by atoms with Gasteiger partial charge >= 0.3 is 0 Å². The molecule has 7 heavy (non-hydrogen) atoms. The molecular formula is C5H13NO. The lowest BCUT2D eigenvalue weighted by atomic mass is 10.1. The van der Waals surface area contributed by atoms with E-state index in [2.05, 4.69) is 5.32 Å². The van der Waals surface area contributed by atoms with Crippen molar-refractivity contribution in [2.24, 2.45) is 0 Å². The summed E-state index contributed by atoms with van der Waals surface area (Å²) in [6.45, 7) is 1.02. The van der Waals surface area contributed by atoms with Crippen LogP contribution in [0, 0.1) is 0 Å². The van der Waals surface area contributed by atoms with Crippen molar-refractivity contribution in [3.05, 3.63) is 0 Å². The van der Waals surface area contributed by atoms with E-state index < -0.39 is 12.1 Å². The highest BCUT2D eigenvalue weighted by atomic mass is 16.3. The third-order valence-electron chi connectivity index (χ3n) is 0.905. The molecule has 0 aromatic rings. The Morgan fingerprint density at radius 2 is 2.29 bits per heavy atom. The zero-order valence-electron chi connectivity index (χ0n) is 6.95. The minimum atomic E-state index is -2.16. The van der Waals surface area contributed by atoms with Crippen LogP contribution >= 0.6 is 0 Å². The zero-order chi connectivity index (χ0) is 7.71. The summed E-state index contributed by atoms with van der Waals surface area (Å²) in [6, 6.07) is 0. The van der Waals surface area contributed by atoms with E-state index in [0.717, 1.165) is 0 Å². The molecule has 0 fully saturated rings. The third-order valence-corrected chi connectivity index (χ3v) is 0.905. The summed E-state index contributed by atoms with van der Waals surface area (Å²) in [4.78, 5) is 0. The monoisotopic (exact) mass is 105 g/mol. The highest BCUT2D eigenvalue weighted by molar-refractivity contribution is 4.72. The lowest BCUT2D eigenvalue weighted by molar-refractivity contribution is 0.197. The standard InChI is InChI=1S/C5H13NO/c1-5(2,4-7)6-3/h6-7H,4H2,1-3H3/i4D2. The first kappa shape index (κ1) is 3.87. The number of hydrogen-bond donors (Lipinski definition) is 2. The van der Waals surface area contributed by atoms with Gasteiger partial charge in [0.05, 0.1) is 9.30 Å². The first-order valence-corrected chi connectivity index (χ1v) is 2.22. The van der Waals surface area contributed by atoms with Gasteiger partial charge in [0, 0.05) is 5.54 Å². The summed E-state index contributed by atoms with van der Waals surface area (Å²) in [6.07, 6.45) is 0. The Bertz CT molecular complexity index is 97.6. The zero-order valence-corrected chi connectivity index (χ0v) is 4.95. The van der Waals surface area contributed by atoms with Crippen LogP contribution < -0.4 is 5.32 Å². The van der Waals surface area contributed by atoms with Crippen LogP contribution in [-0.2, 0) is 0 Å². The van der Waals surface area contributed by atoms with E-state index in [0.29, 0.717) is 0 Å². The molecule has 0 rings (SSSR count). The molecule has 0 aromatic carbocycles. The lowest BCUT2D eigenvalue weighted by Crippen LogP contribution is -2.39. The molecule has 0 aromatic heterocycles. The predicted octanol–water partition coefficient (Wildman–Crippen LogP) is -0.0233. The molecule has 0 saturated carbocycles. The number of nitrogens with one attached hydrogen (secondary N) is 1. The minimum Gasteiger partial charge on any atom is -0.394 e. The minimum absolute atomic E-state index is 0.882. The summed E-state index contributed by atoms with van der Waals surface area (Å²) in [5, 5.41) is 11.5. The summed E-state index contributed by atoms with van der Waals surface area (Å²) in [5.41, 5.74) is -0.882. The molecule has 0 radical (unpaired) electrons. The van der Waals surface area contributed by atoms with Crippen LogP contribution in [0.5, 0.6) is 0 Å². The molecule has 0 amide bonds. The average Bonchev–Trinajstić information content (AvgIpc) is 1.64. The summed E-state index contributed by atoms with van der Waals surface area (Å²) < 4.78 is 13.8. The first-order valence-electron chi connectivity index (χ1n) is 3.22. The topological polar surface area (TPSA) is 32.3 Å². The van der Waals surface area contributed by atoms with Crippen molar-refractivity contribution >= 4 is 0 Å². The van der Waals surface area contributed by atoms with Crippen molar-refractivity contribution < 1.29 is 7.85 Å². The Balaban J connectivity index is 4.14. The molecule has 0 aliphatic rings. The van der Waals surface area contributed by atoms with Gasteiger partial charge in [-0.05, 0) is 20.9 Å². The van der Waals surface area contributed by atoms with Gasteiger partial charge < -0.3 is 10.4 Å². The molecule has 0 unspecified atom stereocenters. The molecule has 0 aliphatic carbocycles. The number of likely N-dealkylation sites (N-methyl/N-ethyl adjacent to an activating group) is 1. The van der Waals surface area contributed by atoms with Crippen molar-refractivity contribution in [2.45, 2.75) is 19.4 Å². The fourth-order valence-electron chi connectivity index (χ4n) is 0.0559. The van der Waals surface area contributed by atoms with E-state index in [1.54, 1.807) is 20.9 Å². The van der Waals surface area contributed by atoms with E-state index >= 15 is 0 Å². The van der Waals surface area contributed by atoms with Gasteiger partial charge in [-0.3, -0.25) is 0 Å². The first-order chi connectivity index (χ1) is 3.81. The highest BCUT2D eigenvalue weighted by Gasteiger charge is 2.10. The van der Waals surface area contributed by atoms with E-state index in [4.69, 9.17) is 7.85 Å². The van der Waals surface area contributed by atoms with Crippen molar-refractivity contribution in [1.29, 1.82) is 0 Å². The fourth-order valence-corrected chi connectivity index (χ4v) is 0.0559. The van der Waals surface area contributed by atoms with Crippen LogP contribution in [0.3, 0.4) is 0 Å². The van der Waals surface area contributed by atoms with Crippen LogP contribution in [-0.4, -0.2) is 24.3 Å². The van der Waals surface area contributed by atoms with Crippen LogP contribution in [0.1, 0.15) is 16.6 Å². The molecule has 2 nitrogen and oxygen atoms in total. The molecule has 0 aliphatic heterocycles. The second-order valence-electron chi connectivity index (χ2n) is 1.99. The van der Waals surface area contributed by atoms with E-state index in [9.17, 15) is 0 Å². The van der Waals surface area contributed by atoms with Crippen LogP contribution in [0.2, 0.25) is 0 Å². The Morgan fingerprint density at radius 3 is 2.29 bits per heavy atom. The van der Waals surface area contributed by atoms with Gasteiger partial charge in [-0.2, -0.15) is 0 Å². The largest absolute Gasteiger partial charge is 0.394 e. The number of hydrogen-bond acceptors (Lipinski definition) is 2. The number of aliphatic hydroxyl groups is 1. The smallest absolute Gasteiger partial charge is 0.0607 e. The normalized spacial score (nSPS) is 18.3. The molecule has 0 spiro atoms. The van der Waals surface area contributed by atoms with Gasteiger partial charge in [0.2, 0.25) is 0 Å². The predicted molar refractivity (Wildman–Crippen MR) is 30.2 cm³/mol. The Morgan fingerprint density at radius 1 is 1.86 bits per heavy atom. The summed E-state index contributed by atoms with van der Waals surface area (Å²) in [7, 11) is 1.61. The molecule has 0 atom stereocenters. The summed E-state index contributed by atoms with van der Waals surface area (Å²) in [5.74, 6) is 0. The van der Waals surface area contributed by atoms with Crippen molar-refractivity contribution in [2.75, 3.05) is 13.6 Å². The highest BCUT2D eigenvalue weighted by Crippen LogP contribution is 1.95.